The topological polar surface area (TPSA) is 59.0 Å². The first-order chi connectivity index (χ1) is 8.00. The lowest BCUT2D eigenvalue weighted by Crippen LogP contribution is -2.52. The predicted molar refractivity (Wildman–Crippen MR) is 65.9 cm³/mol. The zero-order valence-corrected chi connectivity index (χ0v) is 10.7. The number of piperidine rings is 1. The molecule has 1 aliphatic heterocycles. The van der Waals surface area contributed by atoms with Gasteiger partial charge in [0.05, 0.1) is 5.69 Å². The number of carbonyl (C=O) groups excluding carboxylic acids is 1. The van der Waals surface area contributed by atoms with Crippen LogP contribution in [-0.2, 0) is 7.05 Å². The molecule has 1 aliphatic rings. The molecule has 5 heteroatoms. The Kier molecular flexibility index (Phi) is 3.19. The molecule has 2 N–H and O–H groups in total. The van der Waals surface area contributed by atoms with E-state index in [9.17, 15) is 4.79 Å². The van der Waals surface area contributed by atoms with Gasteiger partial charge in [0.1, 0.15) is 5.69 Å². The lowest BCUT2D eigenvalue weighted by Gasteiger charge is -2.34. The molecular weight excluding hydrogens is 216 g/mol. The standard InChI is InChI=1S/C12H20N4O/c1-9-8-10(16(3)15-9)11(17)14-12(2)4-6-13-7-5-12/h8,13H,4-7H2,1-3H3,(H,14,17). The van der Waals surface area contributed by atoms with Gasteiger partial charge in [0, 0.05) is 12.6 Å². The molecule has 2 rings (SSSR count). The van der Waals surface area contributed by atoms with Crippen LogP contribution in [0, 0.1) is 6.92 Å². The number of carbonyl (C=O) groups is 1. The van der Waals surface area contributed by atoms with Crippen LogP contribution < -0.4 is 10.6 Å². The van der Waals surface area contributed by atoms with Crippen molar-refractivity contribution < 1.29 is 4.79 Å². The molecular formula is C12H20N4O. The number of aryl methyl sites for hydroxylation is 2. The predicted octanol–water partition coefficient (Wildman–Crippen LogP) is 0.600. The second-order valence-electron chi connectivity index (χ2n) is 5.06. The van der Waals surface area contributed by atoms with E-state index in [4.69, 9.17) is 0 Å². The van der Waals surface area contributed by atoms with Gasteiger partial charge in [0.15, 0.2) is 0 Å². The van der Waals surface area contributed by atoms with E-state index < -0.39 is 0 Å². The van der Waals surface area contributed by atoms with Crippen molar-refractivity contribution in [2.24, 2.45) is 7.05 Å². The summed E-state index contributed by atoms with van der Waals surface area (Å²) in [6.07, 6.45) is 1.94. The first-order valence-electron chi connectivity index (χ1n) is 6.04. The third kappa shape index (κ3) is 2.66. The quantitative estimate of drug-likeness (QED) is 0.790. The minimum atomic E-state index is -0.0967. The Morgan fingerprint density at radius 2 is 2.18 bits per heavy atom. The number of nitrogens with one attached hydrogen (secondary N) is 2. The Morgan fingerprint density at radius 3 is 2.71 bits per heavy atom. The number of rotatable bonds is 2. The first-order valence-corrected chi connectivity index (χ1v) is 6.04. The molecule has 0 saturated carbocycles. The third-order valence-electron chi connectivity index (χ3n) is 3.36. The van der Waals surface area contributed by atoms with Crippen molar-refractivity contribution >= 4 is 5.91 Å². The Labute approximate surface area is 102 Å². The maximum atomic E-state index is 12.2. The summed E-state index contributed by atoms with van der Waals surface area (Å²) in [6, 6.07) is 1.82. The minimum Gasteiger partial charge on any atom is -0.345 e. The van der Waals surface area contributed by atoms with E-state index in [0.717, 1.165) is 31.6 Å². The van der Waals surface area contributed by atoms with Gasteiger partial charge in [-0.2, -0.15) is 5.10 Å². The van der Waals surface area contributed by atoms with Crippen molar-refractivity contribution in [1.29, 1.82) is 0 Å². The van der Waals surface area contributed by atoms with Crippen LogP contribution in [0.1, 0.15) is 35.9 Å². The number of amides is 1. The van der Waals surface area contributed by atoms with Gasteiger partial charge in [-0.25, -0.2) is 0 Å². The summed E-state index contributed by atoms with van der Waals surface area (Å²) in [5.41, 5.74) is 1.40. The van der Waals surface area contributed by atoms with Gasteiger partial charge >= 0.3 is 0 Å². The fourth-order valence-electron chi connectivity index (χ4n) is 2.26. The molecule has 0 atom stereocenters. The second kappa shape index (κ2) is 4.49. The van der Waals surface area contributed by atoms with E-state index in [0.29, 0.717) is 5.69 Å². The first kappa shape index (κ1) is 12.1. The van der Waals surface area contributed by atoms with Crippen LogP contribution in [-0.4, -0.2) is 34.3 Å². The highest BCUT2D eigenvalue weighted by Gasteiger charge is 2.29. The largest absolute Gasteiger partial charge is 0.345 e. The minimum absolute atomic E-state index is 0.0301. The summed E-state index contributed by atoms with van der Waals surface area (Å²) in [5, 5.41) is 10.6. The highest BCUT2D eigenvalue weighted by molar-refractivity contribution is 5.93. The lowest BCUT2D eigenvalue weighted by molar-refractivity contribution is 0.0878. The zero-order chi connectivity index (χ0) is 12.5. The highest BCUT2D eigenvalue weighted by atomic mass is 16.2. The van der Waals surface area contributed by atoms with Crippen LogP contribution in [0.15, 0.2) is 6.07 Å². The SMILES string of the molecule is Cc1cc(C(=O)NC2(C)CCNCC2)n(C)n1. The maximum absolute atomic E-state index is 12.2. The molecule has 94 valence electrons. The zero-order valence-electron chi connectivity index (χ0n) is 10.7. The average molecular weight is 236 g/mol. The summed E-state index contributed by atoms with van der Waals surface area (Å²) >= 11 is 0. The summed E-state index contributed by atoms with van der Waals surface area (Å²) in [7, 11) is 1.80. The smallest absolute Gasteiger partial charge is 0.269 e. The summed E-state index contributed by atoms with van der Waals surface area (Å²) in [4.78, 5) is 12.2. The molecule has 5 nitrogen and oxygen atoms in total. The van der Waals surface area contributed by atoms with E-state index in [-0.39, 0.29) is 11.4 Å². The van der Waals surface area contributed by atoms with Gasteiger partial charge in [-0.1, -0.05) is 0 Å². The average Bonchev–Trinajstić information content (AvgIpc) is 2.58. The molecule has 2 heterocycles. The summed E-state index contributed by atoms with van der Waals surface area (Å²) < 4.78 is 1.63. The molecule has 17 heavy (non-hydrogen) atoms. The van der Waals surface area contributed by atoms with E-state index >= 15 is 0 Å². The fourth-order valence-corrected chi connectivity index (χ4v) is 2.26. The number of nitrogens with zero attached hydrogens (tertiary/aromatic N) is 2. The molecule has 0 aromatic carbocycles. The maximum Gasteiger partial charge on any atom is 0.269 e. The summed E-state index contributed by atoms with van der Waals surface area (Å²) in [5.74, 6) is -0.0301. The van der Waals surface area contributed by atoms with Gasteiger partial charge in [-0.15, -0.1) is 0 Å². The Bertz CT molecular complexity index is 418. The van der Waals surface area contributed by atoms with Gasteiger partial charge in [-0.05, 0) is 45.8 Å². The number of hydrogen-bond acceptors (Lipinski definition) is 3. The van der Waals surface area contributed by atoms with Gasteiger partial charge < -0.3 is 10.6 Å². The van der Waals surface area contributed by atoms with Crippen LogP contribution in [0.25, 0.3) is 0 Å². The van der Waals surface area contributed by atoms with Crippen molar-refractivity contribution in [3.05, 3.63) is 17.5 Å². The van der Waals surface area contributed by atoms with Crippen molar-refractivity contribution in [3.63, 3.8) is 0 Å². The second-order valence-corrected chi connectivity index (χ2v) is 5.06. The van der Waals surface area contributed by atoms with E-state index in [1.807, 2.05) is 13.0 Å². The molecule has 1 fully saturated rings. The molecule has 1 aromatic rings. The Balaban J connectivity index is 2.08. The Hall–Kier alpha value is -1.36. The molecule has 0 bridgehead atoms. The van der Waals surface area contributed by atoms with Crippen LogP contribution >= 0.6 is 0 Å². The Morgan fingerprint density at radius 1 is 1.53 bits per heavy atom. The monoisotopic (exact) mass is 236 g/mol. The molecule has 0 radical (unpaired) electrons. The van der Waals surface area contributed by atoms with Crippen LogP contribution in [0.5, 0.6) is 0 Å². The van der Waals surface area contributed by atoms with Gasteiger partial charge in [-0.3, -0.25) is 9.48 Å². The van der Waals surface area contributed by atoms with Crippen molar-refractivity contribution in [3.8, 4) is 0 Å². The van der Waals surface area contributed by atoms with Gasteiger partial charge in [0.2, 0.25) is 0 Å². The molecule has 0 unspecified atom stereocenters. The molecule has 0 spiro atoms. The highest BCUT2D eigenvalue weighted by Crippen LogP contribution is 2.18. The lowest BCUT2D eigenvalue weighted by atomic mass is 9.90. The molecule has 0 aliphatic carbocycles. The van der Waals surface area contributed by atoms with E-state index in [1.165, 1.54) is 0 Å². The van der Waals surface area contributed by atoms with E-state index in [2.05, 4.69) is 22.7 Å². The fraction of sp³-hybridized carbons (Fsp3) is 0.667. The van der Waals surface area contributed by atoms with Crippen molar-refractivity contribution in [2.75, 3.05) is 13.1 Å². The number of hydrogen-bond donors (Lipinski definition) is 2. The van der Waals surface area contributed by atoms with E-state index in [1.54, 1.807) is 11.7 Å². The molecule has 1 aromatic heterocycles. The normalized spacial score (nSPS) is 19.0. The molecule has 1 saturated heterocycles. The summed E-state index contributed by atoms with van der Waals surface area (Å²) in [6.45, 7) is 5.92. The van der Waals surface area contributed by atoms with Crippen LogP contribution in [0.4, 0.5) is 0 Å². The van der Waals surface area contributed by atoms with Gasteiger partial charge in [0.25, 0.3) is 5.91 Å². The number of aromatic nitrogens is 2. The molecule has 1 amide bonds. The third-order valence-corrected chi connectivity index (χ3v) is 3.36. The van der Waals surface area contributed by atoms with Crippen LogP contribution in [0.3, 0.4) is 0 Å². The van der Waals surface area contributed by atoms with Crippen LogP contribution in [0.2, 0.25) is 0 Å². The van der Waals surface area contributed by atoms with Crippen molar-refractivity contribution in [1.82, 2.24) is 20.4 Å². The van der Waals surface area contributed by atoms with Crippen molar-refractivity contribution in [2.45, 2.75) is 32.2 Å².